The Morgan fingerprint density at radius 3 is 1.36 bits per heavy atom. The first-order valence-electron chi connectivity index (χ1n) is 27.8. The van der Waals surface area contributed by atoms with Crippen molar-refractivity contribution in [1.82, 2.24) is 0 Å². The summed E-state index contributed by atoms with van der Waals surface area (Å²) >= 11 is 0. The molecule has 0 spiro atoms. The number of hydrogen-bond donors (Lipinski definition) is 4. The fraction of sp³-hybridized carbons (Fsp3) is 0.789. The molecular weight excluding hydrogens is 909 g/mol. The Morgan fingerprint density at radius 2 is 0.871 bits per heavy atom. The van der Waals surface area contributed by atoms with E-state index in [1.165, 1.54) is 135 Å². The lowest BCUT2D eigenvalue weighted by molar-refractivity contribution is -0.297. The van der Waals surface area contributed by atoms with E-state index >= 15 is 0 Å². The molecule has 0 amide bonds. The van der Waals surface area contributed by atoms with Gasteiger partial charge in [0.1, 0.15) is 36.8 Å². The highest BCUT2D eigenvalue weighted by molar-refractivity contribution is 7.85. The van der Waals surface area contributed by atoms with Crippen LogP contribution in [0, 0.1) is 0 Å². The molecule has 1 aliphatic rings. The number of carbonyl (C=O) groups is 2. The summed E-state index contributed by atoms with van der Waals surface area (Å²) < 4.78 is 54.3. The van der Waals surface area contributed by atoms with Gasteiger partial charge < -0.3 is 34.3 Å². The van der Waals surface area contributed by atoms with Gasteiger partial charge in [-0.15, -0.1) is 0 Å². The molecule has 0 aromatic heterocycles. The van der Waals surface area contributed by atoms with Gasteiger partial charge in [-0.05, 0) is 77.0 Å². The average molecular weight is 1010 g/mol. The van der Waals surface area contributed by atoms with E-state index in [9.17, 15) is 37.9 Å². The molecule has 1 heterocycles. The molecule has 1 fully saturated rings. The van der Waals surface area contributed by atoms with Crippen molar-refractivity contribution in [3.8, 4) is 0 Å². The first-order chi connectivity index (χ1) is 34.0. The van der Waals surface area contributed by atoms with Crippen LogP contribution < -0.4 is 0 Å². The Hall–Kier alpha value is -2.65. The lowest BCUT2D eigenvalue weighted by Crippen LogP contribution is -2.60. The maximum Gasteiger partial charge on any atom is 0.306 e. The summed E-state index contributed by atoms with van der Waals surface area (Å²) in [7, 11) is -4.62. The smallest absolute Gasteiger partial charge is 0.306 e. The van der Waals surface area contributed by atoms with Crippen LogP contribution in [0.15, 0.2) is 60.8 Å². The second kappa shape index (κ2) is 46.2. The monoisotopic (exact) mass is 1010 g/mol. The lowest BCUT2D eigenvalue weighted by atomic mass is 10.00. The quantitative estimate of drug-likeness (QED) is 0.0196. The van der Waals surface area contributed by atoms with Crippen LogP contribution in [0.2, 0.25) is 0 Å². The Labute approximate surface area is 426 Å². The van der Waals surface area contributed by atoms with Crippen molar-refractivity contribution in [2.75, 3.05) is 19.0 Å². The summed E-state index contributed by atoms with van der Waals surface area (Å²) in [5.41, 5.74) is 0. The van der Waals surface area contributed by atoms with Crippen LogP contribution in [0.25, 0.3) is 0 Å². The van der Waals surface area contributed by atoms with Gasteiger partial charge in [0.2, 0.25) is 0 Å². The van der Waals surface area contributed by atoms with E-state index in [-0.39, 0.29) is 19.4 Å². The van der Waals surface area contributed by atoms with E-state index in [0.717, 1.165) is 51.4 Å². The summed E-state index contributed by atoms with van der Waals surface area (Å²) in [5.74, 6) is -2.06. The van der Waals surface area contributed by atoms with Crippen LogP contribution in [0.5, 0.6) is 0 Å². The summed E-state index contributed by atoms with van der Waals surface area (Å²) in [6.07, 6.45) is 49.9. The molecule has 0 bridgehead atoms. The van der Waals surface area contributed by atoms with Crippen molar-refractivity contribution >= 4 is 22.1 Å². The molecule has 0 aromatic carbocycles. The van der Waals surface area contributed by atoms with Gasteiger partial charge in [-0.1, -0.05) is 203 Å². The predicted molar refractivity (Wildman–Crippen MR) is 284 cm³/mol. The molecule has 406 valence electrons. The third-order valence-electron chi connectivity index (χ3n) is 12.6. The van der Waals surface area contributed by atoms with E-state index in [1.807, 2.05) is 0 Å². The second-order valence-corrected chi connectivity index (χ2v) is 20.7. The minimum absolute atomic E-state index is 0.108. The van der Waals surface area contributed by atoms with E-state index in [2.05, 4.69) is 74.6 Å². The van der Waals surface area contributed by atoms with Gasteiger partial charge in [0, 0.05) is 12.8 Å². The zero-order chi connectivity index (χ0) is 51.2. The van der Waals surface area contributed by atoms with E-state index in [1.54, 1.807) is 0 Å². The minimum Gasteiger partial charge on any atom is -0.462 e. The molecule has 2 unspecified atom stereocenters. The number of rotatable bonds is 47. The molecular formula is C57H100O12S. The molecule has 1 rings (SSSR count). The van der Waals surface area contributed by atoms with Crippen LogP contribution >= 0.6 is 0 Å². The van der Waals surface area contributed by atoms with Crippen molar-refractivity contribution in [2.45, 2.75) is 269 Å². The van der Waals surface area contributed by atoms with E-state index < -0.39 is 71.2 Å². The van der Waals surface area contributed by atoms with Gasteiger partial charge in [0.15, 0.2) is 12.4 Å². The van der Waals surface area contributed by atoms with E-state index in [0.29, 0.717) is 19.3 Å². The lowest BCUT2D eigenvalue weighted by Gasteiger charge is -2.40. The highest BCUT2D eigenvalue weighted by Gasteiger charge is 2.46. The fourth-order valence-electron chi connectivity index (χ4n) is 8.25. The largest absolute Gasteiger partial charge is 0.462 e. The van der Waals surface area contributed by atoms with Gasteiger partial charge in [-0.3, -0.25) is 14.1 Å². The Morgan fingerprint density at radius 1 is 0.486 bits per heavy atom. The molecule has 6 atom stereocenters. The average Bonchev–Trinajstić information content (AvgIpc) is 3.33. The highest BCUT2D eigenvalue weighted by Crippen LogP contribution is 2.24. The molecule has 1 saturated heterocycles. The molecule has 70 heavy (non-hydrogen) atoms. The number of hydrogen-bond acceptors (Lipinski definition) is 11. The third kappa shape index (κ3) is 39.9. The van der Waals surface area contributed by atoms with Crippen LogP contribution in [0.4, 0.5) is 0 Å². The molecule has 12 nitrogen and oxygen atoms in total. The maximum atomic E-state index is 12.9. The van der Waals surface area contributed by atoms with Crippen molar-refractivity contribution in [1.29, 1.82) is 0 Å². The number of allylic oxidation sites excluding steroid dienone is 10. The van der Waals surface area contributed by atoms with Gasteiger partial charge in [-0.25, -0.2) is 0 Å². The molecule has 0 aromatic rings. The van der Waals surface area contributed by atoms with Crippen LogP contribution in [0.3, 0.4) is 0 Å². The molecule has 13 heteroatoms. The number of carbonyl (C=O) groups excluding carboxylic acids is 2. The predicted octanol–water partition coefficient (Wildman–Crippen LogP) is 13.2. The molecule has 0 radical (unpaired) electrons. The topological polar surface area (TPSA) is 186 Å². The fourth-order valence-corrected chi connectivity index (χ4v) is 8.94. The second-order valence-electron chi connectivity index (χ2n) is 19.2. The SMILES string of the molecule is CCCCC/C=C/C/C=C/C/C=C/C/C=C/CCCCCC(=O)OC[C@H](CO[C@H]1O[C@H](CS(=O)(=O)O)[C@@H](O)C(O)C1O)OC(=O)CCC/C=C/CCCCCCCCCCCCCCCCCCCC. The molecule has 4 N–H and O–H groups in total. The van der Waals surface area contributed by atoms with Crippen molar-refractivity contribution in [3.63, 3.8) is 0 Å². The number of ether oxygens (including phenoxy) is 4. The standard InChI is InChI=1S/C57H100O12S/c1-3-5-7-9-11-13-15-17-19-21-23-24-25-26-28-30-32-34-36-38-40-42-44-46-53(59)68-50(48-67-57-56(62)55(61)54(60)51(69-57)49-70(63,64)65)47-66-52(58)45-43-41-39-37-35-33-31-29-27-22-20-18-16-14-12-10-8-6-4-2/h12,14,18,20,27,29,33,35,38,40,50-51,54-57,60-62H,3-11,13,15-17,19,21-26,28,30-32,34,36-37,39,41-49H2,1-2H3,(H,63,64,65)/b14-12+,20-18+,29-27+,35-33+,40-38+/t50-,51-,54-,55?,56?,57+/m1/s1. The maximum absolute atomic E-state index is 12.9. The van der Waals surface area contributed by atoms with Crippen LogP contribution in [-0.2, 0) is 38.7 Å². The summed E-state index contributed by atoms with van der Waals surface area (Å²) in [4.78, 5) is 25.6. The van der Waals surface area contributed by atoms with Crippen molar-refractivity contribution < 1.29 is 56.8 Å². The highest BCUT2D eigenvalue weighted by atomic mass is 32.2. The van der Waals surface area contributed by atoms with Crippen LogP contribution in [-0.4, -0.2) is 96.0 Å². The van der Waals surface area contributed by atoms with E-state index in [4.69, 9.17) is 18.9 Å². The number of aliphatic hydroxyl groups is 3. The summed E-state index contributed by atoms with van der Waals surface area (Å²) in [6, 6.07) is 0. The third-order valence-corrected chi connectivity index (χ3v) is 13.3. The molecule has 0 saturated carbocycles. The number of aliphatic hydroxyl groups excluding tert-OH is 3. The first-order valence-corrected chi connectivity index (χ1v) is 29.5. The minimum atomic E-state index is -4.62. The zero-order valence-electron chi connectivity index (χ0n) is 43.9. The number of unbranched alkanes of at least 4 members (excludes halogenated alkanes) is 25. The van der Waals surface area contributed by atoms with Gasteiger partial charge in [0.25, 0.3) is 10.1 Å². The Kier molecular flexibility index (Phi) is 43.1. The van der Waals surface area contributed by atoms with Gasteiger partial charge >= 0.3 is 11.9 Å². The molecule has 1 aliphatic heterocycles. The Balaban J connectivity index is 2.37. The summed E-state index contributed by atoms with van der Waals surface area (Å²) in [5, 5.41) is 31.0. The number of esters is 2. The normalized spacial score (nSPS) is 19.4. The Bertz CT molecular complexity index is 1510. The van der Waals surface area contributed by atoms with Gasteiger partial charge in [0.05, 0.1) is 6.61 Å². The zero-order valence-corrected chi connectivity index (χ0v) is 44.7. The van der Waals surface area contributed by atoms with Crippen molar-refractivity contribution in [3.05, 3.63) is 60.8 Å². The van der Waals surface area contributed by atoms with Gasteiger partial charge in [-0.2, -0.15) is 8.42 Å². The van der Waals surface area contributed by atoms with Crippen LogP contribution in [0.1, 0.15) is 232 Å². The van der Waals surface area contributed by atoms with Crippen molar-refractivity contribution in [2.24, 2.45) is 0 Å². The first kappa shape index (κ1) is 65.4. The summed E-state index contributed by atoms with van der Waals surface area (Å²) in [6.45, 7) is 3.72. The molecule has 0 aliphatic carbocycles.